The van der Waals surface area contributed by atoms with Crippen molar-refractivity contribution in [2.75, 3.05) is 0 Å². The molecule has 5 rings (SSSR count). The van der Waals surface area contributed by atoms with Crippen LogP contribution in [0.2, 0.25) is 0 Å². The van der Waals surface area contributed by atoms with Gasteiger partial charge >= 0.3 is 0 Å². The molecule has 4 aromatic heterocycles. The van der Waals surface area contributed by atoms with E-state index in [1.807, 2.05) is 16.1 Å². The minimum absolute atomic E-state index is 0.878. The van der Waals surface area contributed by atoms with Crippen molar-refractivity contribution in [3.63, 3.8) is 0 Å². The Labute approximate surface area is 139 Å². The van der Waals surface area contributed by atoms with E-state index in [0.29, 0.717) is 0 Å². The first-order chi connectivity index (χ1) is 11.3. The fraction of sp³-hybridized carbons (Fsp3) is 0.0625. The van der Waals surface area contributed by atoms with Crippen LogP contribution in [0.3, 0.4) is 0 Å². The molecule has 23 heavy (non-hydrogen) atoms. The molecule has 0 spiro atoms. The van der Waals surface area contributed by atoms with Gasteiger partial charge in [-0.25, -0.2) is 14.5 Å². The Balaban J connectivity index is 1.67. The molecule has 0 bridgehead atoms. The molecule has 5 aromatic rings. The van der Waals surface area contributed by atoms with Gasteiger partial charge in [-0.2, -0.15) is 5.10 Å². The topological polar surface area (TPSA) is 48.0 Å². The lowest BCUT2D eigenvalue weighted by atomic mass is 10.2. The van der Waals surface area contributed by atoms with Crippen LogP contribution in [-0.2, 0) is 7.05 Å². The molecule has 0 amide bonds. The number of aryl methyl sites for hydroxylation is 1. The molecule has 0 atom stereocenters. The first-order valence-corrected chi connectivity index (χ1v) is 8.80. The van der Waals surface area contributed by atoms with Gasteiger partial charge in [0.1, 0.15) is 15.7 Å². The van der Waals surface area contributed by atoms with Crippen molar-refractivity contribution in [2.24, 2.45) is 7.05 Å². The minimum Gasteiger partial charge on any atom is -0.350 e. The normalized spacial score (nSPS) is 11.7. The van der Waals surface area contributed by atoms with Crippen molar-refractivity contribution >= 4 is 38.5 Å². The van der Waals surface area contributed by atoms with Crippen LogP contribution < -0.4 is 0 Å². The summed E-state index contributed by atoms with van der Waals surface area (Å²) in [6.07, 6.45) is 5.87. The lowest BCUT2D eigenvalue weighted by Gasteiger charge is -1.93. The van der Waals surface area contributed by atoms with Gasteiger partial charge in [0.15, 0.2) is 0 Å². The summed E-state index contributed by atoms with van der Waals surface area (Å²) >= 11 is 3.19. The van der Waals surface area contributed by atoms with Crippen molar-refractivity contribution in [3.05, 3.63) is 48.2 Å². The zero-order valence-corrected chi connectivity index (χ0v) is 13.8. The molecule has 0 aliphatic carbocycles. The molecular weight excluding hydrogens is 326 g/mol. The fourth-order valence-electron chi connectivity index (χ4n) is 2.77. The lowest BCUT2D eigenvalue weighted by molar-refractivity contribution is 0.961. The molecule has 4 heterocycles. The zero-order chi connectivity index (χ0) is 15.4. The summed E-state index contributed by atoms with van der Waals surface area (Å²) in [5, 5.41) is 9.79. The van der Waals surface area contributed by atoms with Gasteiger partial charge < -0.3 is 4.57 Å². The summed E-state index contributed by atoms with van der Waals surface area (Å²) in [4.78, 5) is 9.84. The van der Waals surface area contributed by atoms with Crippen molar-refractivity contribution in [3.8, 4) is 21.3 Å². The first-order valence-electron chi connectivity index (χ1n) is 7.10. The predicted molar refractivity (Wildman–Crippen MR) is 93.9 cm³/mol. The Morgan fingerprint density at radius 1 is 1.09 bits per heavy atom. The highest BCUT2D eigenvalue weighted by atomic mass is 32.1. The van der Waals surface area contributed by atoms with Crippen LogP contribution in [0.4, 0.5) is 0 Å². The smallest absolute Gasteiger partial charge is 0.213 e. The number of fused-ring (bicyclic) bond motifs is 2. The number of para-hydroxylation sites is 1. The number of hydrogen-bond acceptors (Lipinski definition) is 5. The van der Waals surface area contributed by atoms with Crippen molar-refractivity contribution < 1.29 is 0 Å². The van der Waals surface area contributed by atoms with Crippen molar-refractivity contribution in [2.45, 2.75) is 0 Å². The Hall–Kier alpha value is -2.51. The third kappa shape index (κ3) is 1.94. The van der Waals surface area contributed by atoms with E-state index >= 15 is 0 Å². The number of hydrogen-bond donors (Lipinski definition) is 0. The summed E-state index contributed by atoms with van der Waals surface area (Å²) in [6, 6.07) is 8.38. The van der Waals surface area contributed by atoms with Crippen LogP contribution >= 0.6 is 22.7 Å². The monoisotopic (exact) mass is 337 g/mol. The third-order valence-corrected chi connectivity index (χ3v) is 5.57. The summed E-state index contributed by atoms with van der Waals surface area (Å²) in [6.45, 7) is 0. The fourth-order valence-corrected chi connectivity index (χ4v) is 4.27. The summed E-state index contributed by atoms with van der Waals surface area (Å²) in [7, 11) is 2.06. The van der Waals surface area contributed by atoms with E-state index in [4.69, 9.17) is 5.10 Å². The summed E-state index contributed by atoms with van der Waals surface area (Å²) in [5.41, 5.74) is 3.23. The Morgan fingerprint density at radius 3 is 2.83 bits per heavy atom. The Kier molecular flexibility index (Phi) is 2.67. The van der Waals surface area contributed by atoms with E-state index in [0.717, 1.165) is 26.2 Å². The maximum atomic E-state index is 4.71. The van der Waals surface area contributed by atoms with Crippen LogP contribution in [0.15, 0.2) is 48.2 Å². The molecule has 1 aromatic carbocycles. The Bertz CT molecular complexity index is 1100. The largest absolute Gasteiger partial charge is 0.350 e. The van der Waals surface area contributed by atoms with Crippen molar-refractivity contribution in [1.29, 1.82) is 0 Å². The van der Waals surface area contributed by atoms with Gasteiger partial charge in [-0.15, -0.1) is 11.3 Å². The van der Waals surface area contributed by atoms with E-state index in [1.54, 1.807) is 28.9 Å². The number of imidazole rings is 1. The van der Waals surface area contributed by atoms with Crippen LogP contribution in [-0.4, -0.2) is 24.1 Å². The minimum atomic E-state index is 0.878. The second kappa shape index (κ2) is 4.74. The molecule has 0 saturated carbocycles. The number of nitrogens with zero attached hydrogens (tertiary/aromatic N) is 5. The molecule has 5 nitrogen and oxygen atoms in total. The Morgan fingerprint density at radius 2 is 2.00 bits per heavy atom. The van der Waals surface area contributed by atoms with E-state index in [9.17, 15) is 0 Å². The maximum absolute atomic E-state index is 4.71. The van der Waals surface area contributed by atoms with Gasteiger partial charge in [-0.1, -0.05) is 29.5 Å². The van der Waals surface area contributed by atoms with Crippen LogP contribution in [0.1, 0.15) is 0 Å². The number of rotatable bonds is 2. The van der Waals surface area contributed by atoms with Crippen LogP contribution in [0.25, 0.3) is 37.1 Å². The highest BCUT2D eigenvalue weighted by Crippen LogP contribution is 2.33. The highest BCUT2D eigenvalue weighted by molar-refractivity contribution is 7.20. The molecule has 7 heteroatoms. The molecule has 0 fully saturated rings. The highest BCUT2D eigenvalue weighted by Gasteiger charge is 2.15. The van der Waals surface area contributed by atoms with Crippen LogP contribution in [0, 0.1) is 0 Å². The standard InChI is InChI=1S/C16H11N5S2/c1-20-8-11(10-4-2-3-5-13(10)20)14-19-21-9-12(18-16(21)23-14)15-17-6-7-22-15/h2-9H,1H3. The number of aromatic nitrogens is 5. The van der Waals surface area contributed by atoms with E-state index in [-0.39, 0.29) is 0 Å². The van der Waals surface area contributed by atoms with E-state index < -0.39 is 0 Å². The second-order valence-electron chi connectivity index (χ2n) is 5.27. The second-order valence-corrected chi connectivity index (χ2v) is 7.12. The third-order valence-electron chi connectivity index (χ3n) is 3.82. The van der Waals surface area contributed by atoms with Gasteiger partial charge in [-0.05, 0) is 6.07 Å². The predicted octanol–water partition coefficient (Wildman–Crippen LogP) is 4.07. The molecule has 0 unspecified atom stereocenters. The van der Waals surface area contributed by atoms with E-state index in [1.165, 1.54) is 10.9 Å². The maximum Gasteiger partial charge on any atom is 0.213 e. The quantitative estimate of drug-likeness (QED) is 0.488. The number of benzene rings is 1. The van der Waals surface area contributed by atoms with Gasteiger partial charge in [0.2, 0.25) is 4.96 Å². The molecule has 0 aliphatic heterocycles. The lowest BCUT2D eigenvalue weighted by Crippen LogP contribution is -1.82. The average molecular weight is 337 g/mol. The SMILES string of the molecule is Cn1cc(-c2nn3cc(-c4nccs4)nc3s2)c2ccccc21. The van der Waals surface area contributed by atoms with E-state index in [2.05, 4.69) is 52.0 Å². The number of thiazole rings is 1. The molecule has 0 aliphatic rings. The van der Waals surface area contributed by atoms with Crippen LogP contribution in [0.5, 0.6) is 0 Å². The van der Waals surface area contributed by atoms with Gasteiger partial charge in [0, 0.05) is 41.3 Å². The molecule has 0 N–H and O–H groups in total. The van der Waals surface area contributed by atoms with Gasteiger partial charge in [0.25, 0.3) is 0 Å². The first kappa shape index (κ1) is 13.0. The average Bonchev–Trinajstić information content (AvgIpc) is 3.29. The summed E-state index contributed by atoms with van der Waals surface area (Å²) in [5.74, 6) is 0. The molecule has 0 saturated heterocycles. The van der Waals surface area contributed by atoms with Gasteiger partial charge in [0.05, 0.1) is 6.20 Å². The van der Waals surface area contributed by atoms with Gasteiger partial charge in [-0.3, -0.25) is 0 Å². The molecular formula is C16H11N5S2. The molecule has 0 radical (unpaired) electrons. The molecule has 112 valence electrons. The van der Waals surface area contributed by atoms with Crippen molar-refractivity contribution in [1.82, 2.24) is 24.1 Å². The zero-order valence-electron chi connectivity index (χ0n) is 12.2. The summed E-state index contributed by atoms with van der Waals surface area (Å²) < 4.78 is 3.98.